The van der Waals surface area contributed by atoms with Gasteiger partial charge in [0.05, 0.1) is 11.7 Å². The summed E-state index contributed by atoms with van der Waals surface area (Å²) in [4.78, 5) is 20.3. The summed E-state index contributed by atoms with van der Waals surface area (Å²) in [6.07, 6.45) is 6.38. The highest BCUT2D eigenvalue weighted by Gasteiger charge is 2.64. The first-order valence-electron chi connectivity index (χ1n) is 9.27. The number of amides is 1. The molecular formula is C18H25N3O3. The molecule has 0 aromatic rings. The topological polar surface area (TPSA) is 99.6 Å². The van der Waals surface area contributed by atoms with Crippen LogP contribution in [0, 0.1) is 34.5 Å². The van der Waals surface area contributed by atoms with E-state index in [9.17, 15) is 15.2 Å². The average molecular weight is 331 g/mol. The minimum Gasteiger partial charge on any atom is -0.390 e. The zero-order valence-electron chi connectivity index (χ0n) is 13.9. The molecule has 0 spiro atoms. The monoisotopic (exact) mass is 331 g/mol. The van der Waals surface area contributed by atoms with Crippen molar-refractivity contribution in [1.29, 1.82) is 5.26 Å². The molecular weight excluding hydrogens is 306 g/mol. The molecule has 6 atom stereocenters. The molecule has 24 heavy (non-hydrogen) atoms. The van der Waals surface area contributed by atoms with Gasteiger partial charge in [-0.15, -0.1) is 0 Å². The lowest BCUT2D eigenvalue weighted by Crippen LogP contribution is -2.63. The van der Waals surface area contributed by atoms with E-state index in [0.717, 1.165) is 44.9 Å². The fourth-order valence-corrected chi connectivity index (χ4v) is 7.08. The summed E-state index contributed by atoms with van der Waals surface area (Å²) in [6.45, 7) is 0. The smallest absolute Gasteiger partial charge is 0.255 e. The van der Waals surface area contributed by atoms with Crippen LogP contribution in [0.5, 0.6) is 0 Å². The highest BCUT2D eigenvalue weighted by molar-refractivity contribution is 5.84. The number of nitrogens with two attached hydrogens (primary N) is 1. The van der Waals surface area contributed by atoms with Crippen molar-refractivity contribution in [3.05, 3.63) is 0 Å². The molecule has 6 fully saturated rings. The molecule has 3 N–H and O–H groups in total. The Bertz CT molecular complexity index is 615. The van der Waals surface area contributed by atoms with Gasteiger partial charge in [0.15, 0.2) is 6.10 Å². The van der Waals surface area contributed by atoms with Gasteiger partial charge < -0.3 is 10.0 Å². The average Bonchev–Trinajstić information content (AvgIpc) is 3.15. The van der Waals surface area contributed by atoms with Crippen molar-refractivity contribution in [2.75, 3.05) is 0 Å². The molecule has 6 heteroatoms. The van der Waals surface area contributed by atoms with Crippen LogP contribution in [0.3, 0.4) is 0 Å². The summed E-state index contributed by atoms with van der Waals surface area (Å²) >= 11 is 0. The van der Waals surface area contributed by atoms with Gasteiger partial charge in [-0.25, -0.2) is 5.90 Å². The molecule has 5 saturated carbocycles. The maximum Gasteiger partial charge on any atom is 0.255 e. The minimum absolute atomic E-state index is 0.111. The van der Waals surface area contributed by atoms with Crippen LogP contribution in [0.4, 0.5) is 0 Å². The first-order valence-corrected chi connectivity index (χ1v) is 9.27. The van der Waals surface area contributed by atoms with Crippen LogP contribution < -0.4 is 5.90 Å². The van der Waals surface area contributed by atoms with Crippen molar-refractivity contribution in [3.63, 3.8) is 0 Å². The fraction of sp³-hybridized carbons (Fsp3) is 0.889. The predicted molar refractivity (Wildman–Crippen MR) is 83.9 cm³/mol. The quantitative estimate of drug-likeness (QED) is 0.754. The maximum absolute atomic E-state index is 13.3. The molecule has 3 unspecified atom stereocenters. The van der Waals surface area contributed by atoms with Gasteiger partial charge in [-0.2, -0.15) is 5.26 Å². The van der Waals surface area contributed by atoms with Gasteiger partial charge in [-0.3, -0.25) is 9.63 Å². The molecule has 0 aromatic heterocycles. The molecule has 5 aliphatic carbocycles. The standard InChI is InChI=1S/C18H25N3O3/c19-8-13-2-12-3-14(12)21(13)16(22)15(24-20)17-4-10-1-11(5-17)7-18(23,6-10)9-17/h10-15,23H,1-7,9,20H2/t10?,11?,12-,13+,14+,15?,17?,18?/m1/s1. The Morgan fingerprint density at radius 3 is 2.54 bits per heavy atom. The lowest BCUT2D eigenvalue weighted by Gasteiger charge is -2.61. The van der Waals surface area contributed by atoms with Crippen LogP contribution in [0.25, 0.3) is 0 Å². The van der Waals surface area contributed by atoms with Crippen molar-refractivity contribution in [2.45, 2.75) is 75.2 Å². The summed E-state index contributed by atoms with van der Waals surface area (Å²) in [5.74, 6) is 6.96. The molecule has 6 nitrogen and oxygen atoms in total. The molecule has 6 rings (SSSR count). The number of carbonyl (C=O) groups excluding carboxylic acids is 1. The van der Waals surface area contributed by atoms with E-state index in [1.54, 1.807) is 4.90 Å². The number of hydrogen-bond acceptors (Lipinski definition) is 5. The van der Waals surface area contributed by atoms with Gasteiger partial charge in [0.2, 0.25) is 0 Å². The van der Waals surface area contributed by atoms with Crippen LogP contribution in [-0.2, 0) is 9.63 Å². The second kappa shape index (κ2) is 4.72. The summed E-state index contributed by atoms with van der Waals surface area (Å²) in [5.41, 5.74) is -0.999. The lowest BCUT2D eigenvalue weighted by molar-refractivity contribution is -0.210. The largest absolute Gasteiger partial charge is 0.390 e. The van der Waals surface area contributed by atoms with Gasteiger partial charge in [-0.05, 0) is 69.1 Å². The highest BCUT2D eigenvalue weighted by atomic mass is 16.6. The molecule has 130 valence electrons. The fourth-order valence-electron chi connectivity index (χ4n) is 7.08. The van der Waals surface area contributed by atoms with E-state index < -0.39 is 11.7 Å². The number of nitrogens with zero attached hydrogens (tertiary/aromatic N) is 2. The van der Waals surface area contributed by atoms with E-state index in [1.807, 2.05) is 0 Å². The van der Waals surface area contributed by atoms with Crippen molar-refractivity contribution < 1.29 is 14.7 Å². The third kappa shape index (κ3) is 1.95. The first kappa shape index (κ1) is 15.1. The van der Waals surface area contributed by atoms with Crippen LogP contribution in [0.1, 0.15) is 51.4 Å². The Labute approximate surface area is 141 Å². The summed E-state index contributed by atoms with van der Waals surface area (Å²) in [5, 5.41) is 20.3. The third-order valence-corrected chi connectivity index (χ3v) is 7.50. The summed E-state index contributed by atoms with van der Waals surface area (Å²) < 4.78 is 0. The number of rotatable bonds is 3. The minimum atomic E-state index is -0.717. The van der Waals surface area contributed by atoms with E-state index in [0.29, 0.717) is 24.2 Å². The normalized spacial score (nSPS) is 52.0. The van der Waals surface area contributed by atoms with Crippen molar-refractivity contribution in [2.24, 2.45) is 29.1 Å². The van der Waals surface area contributed by atoms with Crippen LogP contribution in [0.2, 0.25) is 0 Å². The molecule has 0 aromatic carbocycles. The predicted octanol–water partition coefficient (Wildman–Crippen LogP) is 1.09. The second-order valence-electron chi connectivity index (χ2n) is 9.25. The Balaban J connectivity index is 1.46. The van der Waals surface area contributed by atoms with E-state index in [2.05, 4.69) is 6.07 Å². The molecule has 1 saturated heterocycles. The van der Waals surface area contributed by atoms with Gasteiger partial charge in [0.1, 0.15) is 6.04 Å². The third-order valence-electron chi connectivity index (χ3n) is 7.50. The number of piperidine rings is 1. The van der Waals surface area contributed by atoms with E-state index >= 15 is 0 Å². The first-order chi connectivity index (χ1) is 11.5. The Morgan fingerprint density at radius 2 is 1.96 bits per heavy atom. The zero-order valence-corrected chi connectivity index (χ0v) is 13.9. The zero-order chi connectivity index (χ0) is 16.7. The van der Waals surface area contributed by atoms with Crippen LogP contribution >= 0.6 is 0 Å². The molecule has 1 aliphatic heterocycles. The van der Waals surface area contributed by atoms with Gasteiger partial charge in [-0.1, -0.05) is 0 Å². The van der Waals surface area contributed by atoms with E-state index in [1.165, 1.54) is 0 Å². The molecule has 0 radical (unpaired) electrons. The number of nitriles is 1. The molecule has 4 bridgehead atoms. The highest BCUT2D eigenvalue weighted by Crippen LogP contribution is 2.63. The van der Waals surface area contributed by atoms with Gasteiger partial charge in [0, 0.05) is 11.5 Å². The van der Waals surface area contributed by atoms with Crippen molar-refractivity contribution in [1.82, 2.24) is 4.90 Å². The second-order valence-corrected chi connectivity index (χ2v) is 9.25. The number of aliphatic hydroxyl groups is 1. The molecule has 1 amide bonds. The SMILES string of the molecule is N#C[C@@H]1C[C@@H]2C[C@@H]2N1C(=O)C(ON)C12CC3CC(CC(O)(C3)C1)C2. The maximum atomic E-state index is 13.3. The van der Waals surface area contributed by atoms with E-state index in [4.69, 9.17) is 10.7 Å². The number of carbonyl (C=O) groups is 1. The molecule has 6 aliphatic rings. The molecule has 1 heterocycles. The van der Waals surface area contributed by atoms with E-state index in [-0.39, 0.29) is 23.4 Å². The lowest BCUT2D eigenvalue weighted by atomic mass is 9.46. The van der Waals surface area contributed by atoms with Crippen molar-refractivity contribution in [3.8, 4) is 6.07 Å². The van der Waals surface area contributed by atoms with Gasteiger partial charge in [0.25, 0.3) is 5.91 Å². The Hall–Kier alpha value is -1.16. The number of likely N-dealkylation sites (tertiary alicyclic amines) is 1. The van der Waals surface area contributed by atoms with Crippen LogP contribution in [0.15, 0.2) is 0 Å². The Morgan fingerprint density at radius 1 is 1.25 bits per heavy atom. The number of fused-ring (bicyclic) bond motifs is 1. The summed E-state index contributed by atoms with van der Waals surface area (Å²) in [7, 11) is 0. The Kier molecular flexibility index (Phi) is 2.97. The van der Waals surface area contributed by atoms with Crippen LogP contribution in [-0.4, -0.2) is 39.7 Å². The van der Waals surface area contributed by atoms with Gasteiger partial charge >= 0.3 is 0 Å². The number of hydrogen-bond donors (Lipinski definition) is 2. The summed E-state index contributed by atoms with van der Waals surface area (Å²) in [6, 6.07) is 2.14. The van der Waals surface area contributed by atoms with Crippen molar-refractivity contribution >= 4 is 5.91 Å².